The minimum absolute atomic E-state index is 0.0916. The maximum absolute atomic E-state index is 12.2. The van der Waals surface area contributed by atoms with Crippen LogP contribution in [-0.2, 0) is 6.54 Å². The number of halogens is 1. The molecule has 0 fully saturated rings. The van der Waals surface area contributed by atoms with Gasteiger partial charge in [0.1, 0.15) is 0 Å². The largest absolute Gasteiger partial charge is 0.351 e. The molecule has 3 amide bonds. The Labute approximate surface area is 169 Å². The fourth-order valence-electron chi connectivity index (χ4n) is 2.24. The minimum Gasteiger partial charge on any atom is -0.351 e. The smallest absolute Gasteiger partial charge is 0.315 e. The van der Waals surface area contributed by atoms with Gasteiger partial charge in [-0.25, -0.2) is 4.79 Å². The van der Waals surface area contributed by atoms with E-state index in [2.05, 4.69) is 16.0 Å². The van der Waals surface area contributed by atoms with E-state index in [0.717, 1.165) is 16.2 Å². The van der Waals surface area contributed by atoms with Crippen molar-refractivity contribution in [3.05, 3.63) is 64.7 Å². The van der Waals surface area contributed by atoms with Crippen molar-refractivity contribution in [2.24, 2.45) is 0 Å². The van der Waals surface area contributed by atoms with Gasteiger partial charge in [0.05, 0.1) is 0 Å². The van der Waals surface area contributed by atoms with Crippen LogP contribution in [-0.4, -0.2) is 30.3 Å². The molecule has 7 heteroatoms. The van der Waals surface area contributed by atoms with Crippen LogP contribution in [0.4, 0.5) is 4.79 Å². The molecule has 0 aliphatic carbocycles. The zero-order valence-corrected chi connectivity index (χ0v) is 17.0. The first kappa shape index (κ1) is 21.1. The molecule has 0 aliphatic rings. The lowest BCUT2D eigenvalue weighted by Gasteiger charge is -2.10. The average Bonchev–Trinajstić information content (AvgIpc) is 2.64. The number of hydrogen-bond donors (Lipinski definition) is 3. The third-order valence-corrected chi connectivity index (χ3v) is 4.82. The predicted molar refractivity (Wildman–Crippen MR) is 111 cm³/mol. The maximum atomic E-state index is 12.2. The number of benzene rings is 2. The average molecular weight is 406 g/mol. The molecule has 144 valence electrons. The van der Waals surface area contributed by atoms with Crippen LogP contribution in [0.15, 0.2) is 53.4 Å². The molecule has 0 aromatic heterocycles. The van der Waals surface area contributed by atoms with Gasteiger partial charge in [-0.3, -0.25) is 4.79 Å². The second-order valence-corrected chi connectivity index (χ2v) is 7.84. The summed E-state index contributed by atoms with van der Waals surface area (Å²) in [6.45, 7) is 4.80. The summed E-state index contributed by atoms with van der Waals surface area (Å²) in [5, 5.41) is 9.16. The van der Waals surface area contributed by atoms with E-state index >= 15 is 0 Å². The van der Waals surface area contributed by atoms with E-state index in [1.54, 1.807) is 23.9 Å². The highest BCUT2D eigenvalue weighted by atomic mass is 35.5. The second-order valence-electron chi connectivity index (χ2n) is 6.24. The number of amides is 3. The van der Waals surface area contributed by atoms with Crippen molar-refractivity contribution in [2.75, 3.05) is 12.3 Å². The first-order chi connectivity index (χ1) is 12.9. The van der Waals surface area contributed by atoms with Gasteiger partial charge in [0.25, 0.3) is 5.91 Å². The van der Waals surface area contributed by atoms with Crippen molar-refractivity contribution in [2.45, 2.75) is 31.3 Å². The summed E-state index contributed by atoms with van der Waals surface area (Å²) in [5.74, 6) is 0.670. The van der Waals surface area contributed by atoms with Gasteiger partial charge < -0.3 is 16.0 Å². The Kier molecular flexibility index (Phi) is 8.48. The van der Waals surface area contributed by atoms with Gasteiger partial charge in [-0.15, -0.1) is 11.8 Å². The lowest BCUT2D eigenvalue weighted by atomic mass is 10.1. The topological polar surface area (TPSA) is 70.2 Å². The molecule has 2 aromatic rings. The van der Waals surface area contributed by atoms with Crippen LogP contribution >= 0.6 is 23.4 Å². The number of urea groups is 1. The van der Waals surface area contributed by atoms with E-state index in [-0.39, 0.29) is 18.0 Å². The van der Waals surface area contributed by atoms with Crippen LogP contribution in [0.5, 0.6) is 0 Å². The molecule has 0 spiro atoms. The molecule has 2 rings (SSSR count). The number of hydrogen-bond acceptors (Lipinski definition) is 3. The number of carbonyl (C=O) groups is 2. The molecule has 0 radical (unpaired) electrons. The summed E-state index contributed by atoms with van der Waals surface area (Å²) in [7, 11) is 0. The molecule has 27 heavy (non-hydrogen) atoms. The molecule has 5 nitrogen and oxygen atoms in total. The van der Waals surface area contributed by atoms with Crippen LogP contribution in [0.2, 0.25) is 5.02 Å². The Hall–Kier alpha value is -2.18. The number of carbonyl (C=O) groups excluding carboxylic acids is 2. The highest BCUT2D eigenvalue weighted by Gasteiger charge is 2.06. The highest BCUT2D eigenvalue weighted by molar-refractivity contribution is 7.99. The zero-order chi connectivity index (χ0) is 19.6. The predicted octanol–water partition coefficient (Wildman–Crippen LogP) is 4.07. The molecule has 3 N–H and O–H groups in total. The third-order valence-electron chi connectivity index (χ3n) is 3.56. The van der Waals surface area contributed by atoms with E-state index in [4.69, 9.17) is 11.6 Å². The fourth-order valence-corrected chi connectivity index (χ4v) is 3.13. The van der Waals surface area contributed by atoms with Gasteiger partial charge in [-0.05, 0) is 55.8 Å². The first-order valence-corrected chi connectivity index (χ1v) is 10.1. The SMILES string of the molecule is CC(C)NC(=O)NCc1ccc(C(=O)NCCSc2ccc(Cl)cc2)cc1. The molecule has 0 heterocycles. The van der Waals surface area contributed by atoms with Crippen molar-refractivity contribution >= 4 is 35.3 Å². The van der Waals surface area contributed by atoms with Gasteiger partial charge in [-0.1, -0.05) is 23.7 Å². The second kappa shape index (κ2) is 10.8. The van der Waals surface area contributed by atoms with Crippen LogP contribution < -0.4 is 16.0 Å². The van der Waals surface area contributed by atoms with Crippen LogP contribution in [0.25, 0.3) is 0 Å². The summed E-state index contributed by atoms with van der Waals surface area (Å²) in [5.41, 5.74) is 1.53. The number of rotatable bonds is 8. The molecule has 2 aromatic carbocycles. The van der Waals surface area contributed by atoms with E-state index < -0.39 is 0 Å². The molecule has 0 bridgehead atoms. The van der Waals surface area contributed by atoms with E-state index in [1.165, 1.54) is 0 Å². The Morgan fingerprint density at radius 3 is 2.30 bits per heavy atom. The Bertz CT molecular complexity index is 749. The molecule has 0 saturated carbocycles. The van der Waals surface area contributed by atoms with Crippen molar-refractivity contribution in [1.82, 2.24) is 16.0 Å². The Morgan fingerprint density at radius 1 is 1.00 bits per heavy atom. The fraction of sp³-hybridized carbons (Fsp3) is 0.300. The molecule has 0 aliphatic heterocycles. The third kappa shape index (κ3) is 7.93. The van der Waals surface area contributed by atoms with E-state index in [9.17, 15) is 9.59 Å². The van der Waals surface area contributed by atoms with E-state index in [0.29, 0.717) is 23.7 Å². The summed E-state index contributed by atoms with van der Waals surface area (Å²) in [4.78, 5) is 24.9. The lowest BCUT2D eigenvalue weighted by molar-refractivity contribution is 0.0956. The van der Waals surface area contributed by atoms with Crippen molar-refractivity contribution in [3.8, 4) is 0 Å². The van der Waals surface area contributed by atoms with Gasteiger partial charge in [0, 0.05) is 40.4 Å². The maximum Gasteiger partial charge on any atom is 0.315 e. The zero-order valence-electron chi connectivity index (χ0n) is 15.4. The molecule has 0 saturated heterocycles. The monoisotopic (exact) mass is 405 g/mol. The van der Waals surface area contributed by atoms with Gasteiger partial charge in [0.2, 0.25) is 0 Å². The Morgan fingerprint density at radius 2 is 1.67 bits per heavy atom. The van der Waals surface area contributed by atoms with Crippen molar-refractivity contribution in [3.63, 3.8) is 0 Å². The molecule has 0 unspecified atom stereocenters. The standard InChI is InChI=1S/C20H24ClN3O2S/c1-14(2)24-20(26)23-13-15-3-5-16(6-4-15)19(25)22-11-12-27-18-9-7-17(21)8-10-18/h3-10,14H,11-13H2,1-2H3,(H,22,25)(H2,23,24,26). The Balaban J connectivity index is 1.71. The highest BCUT2D eigenvalue weighted by Crippen LogP contribution is 2.19. The molecular formula is C20H24ClN3O2S. The van der Waals surface area contributed by atoms with Crippen molar-refractivity contribution < 1.29 is 9.59 Å². The summed E-state index contributed by atoms with van der Waals surface area (Å²) in [6.07, 6.45) is 0. The first-order valence-electron chi connectivity index (χ1n) is 8.74. The quantitative estimate of drug-likeness (QED) is 0.458. The number of thioether (sulfide) groups is 1. The van der Waals surface area contributed by atoms with Crippen LogP contribution in [0.3, 0.4) is 0 Å². The van der Waals surface area contributed by atoms with E-state index in [1.807, 2.05) is 50.2 Å². The summed E-state index contributed by atoms with van der Waals surface area (Å²) >= 11 is 7.52. The molecule has 0 atom stereocenters. The normalized spacial score (nSPS) is 10.5. The van der Waals surface area contributed by atoms with Gasteiger partial charge >= 0.3 is 6.03 Å². The van der Waals surface area contributed by atoms with Crippen molar-refractivity contribution in [1.29, 1.82) is 0 Å². The minimum atomic E-state index is -0.204. The van der Waals surface area contributed by atoms with Gasteiger partial charge in [0.15, 0.2) is 0 Å². The number of nitrogens with one attached hydrogen (secondary N) is 3. The summed E-state index contributed by atoms with van der Waals surface area (Å²) in [6, 6.07) is 14.7. The molecular weight excluding hydrogens is 382 g/mol. The van der Waals surface area contributed by atoms with Gasteiger partial charge in [-0.2, -0.15) is 0 Å². The lowest BCUT2D eigenvalue weighted by Crippen LogP contribution is -2.39. The van der Waals surface area contributed by atoms with Crippen LogP contribution in [0, 0.1) is 0 Å². The van der Waals surface area contributed by atoms with Crippen LogP contribution in [0.1, 0.15) is 29.8 Å². The summed E-state index contributed by atoms with van der Waals surface area (Å²) < 4.78 is 0.